The van der Waals surface area contributed by atoms with E-state index in [-0.39, 0.29) is 23.1 Å². The van der Waals surface area contributed by atoms with E-state index in [0.717, 1.165) is 19.5 Å². The molecule has 6 heteroatoms. The van der Waals surface area contributed by atoms with Gasteiger partial charge in [-0.25, -0.2) is 0 Å². The summed E-state index contributed by atoms with van der Waals surface area (Å²) in [4.78, 5) is 2.33. The molecule has 1 heterocycles. The molecule has 124 valence electrons. The van der Waals surface area contributed by atoms with Gasteiger partial charge < -0.3 is 5.32 Å². The van der Waals surface area contributed by atoms with Crippen molar-refractivity contribution in [2.24, 2.45) is 11.8 Å². The number of alkyl halides is 3. The molecular formula is C15H27F3N2S. The predicted octanol–water partition coefficient (Wildman–Crippen LogP) is 3.73. The number of hydrogen-bond acceptors (Lipinski definition) is 3. The van der Waals surface area contributed by atoms with Crippen LogP contribution in [0.2, 0.25) is 0 Å². The molecule has 1 saturated heterocycles. The molecule has 2 fully saturated rings. The third kappa shape index (κ3) is 5.03. The monoisotopic (exact) mass is 324 g/mol. The SMILES string of the molecule is CC(C)CC1CN(CCSC(F)(F)F)C(C)(C2CC2)CN1. The van der Waals surface area contributed by atoms with Crippen LogP contribution in [0.3, 0.4) is 0 Å². The smallest absolute Gasteiger partial charge is 0.311 e. The summed E-state index contributed by atoms with van der Waals surface area (Å²) in [5.74, 6) is 1.40. The summed E-state index contributed by atoms with van der Waals surface area (Å²) in [5.41, 5.74) is -4.07. The lowest BCUT2D eigenvalue weighted by Crippen LogP contribution is -2.65. The maximum Gasteiger partial charge on any atom is 0.441 e. The number of halogens is 3. The number of hydrogen-bond donors (Lipinski definition) is 1. The molecule has 1 aliphatic carbocycles. The van der Waals surface area contributed by atoms with Crippen LogP contribution < -0.4 is 5.32 Å². The molecule has 0 aromatic rings. The van der Waals surface area contributed by atoms with Crippen LogP contribution in [0, 0.1) is 11.8 Å². The number of nitrogens with one attached hydrogen (secondary N) is 1. The van der Waals surface area contributed by atoms with E-state index in [0.29, 0.717) is 24.4 Å². The second-order valence-corrected chi connectivity index (χ2v) is 8.24. The van der Waals surface area contributed by atoms with Crippen LogP contribution in [-0.2, 0) is 0 Å². The van der Waals surface area contributed by atoms with Gasteiger partial charge in [0.25, 0.3) is 0 Å². The number of piperazine rings is 1. The van der Waals surface area contributed by atoms with Gasteiger partial charge in [0.15, 0.2) is 0 Å². The van der Waals surface area contributed by atoms with Crippen molar-refractivity contribution in [3.63, 3.8) is 0 Å². The van der Waals surface area contributed by atoms with Gasteiger partial charge in [-0.3, -0.25) is 4.90 Å². The molecular weight excluding hydrogens is 297 g/mol. The number of thioether (sulfide) groups is 1. The third-order valence-corrected chi connectivity index (χ3v) is 5.47. The van der Waals surface area contributed by atoms with Crippen molar-refractivity contribution in [2.45, 2.75) is 57.1 Å². The Hall–Kier alpha value is 0.0600. The first-order valence-electron chi connectivity index (χ1n) is 7.90. The van der Waals surface area contributed by atoms with Crippen molar-refractivity contribution in [1.82, 2.24) is 10.2 Å². The van der Waals surface area contributed by atoms with E-state index in [1.807, 2.05) is 0 Å². The Morgan fingerprint density at radius 2 is 2.00 bits per heavy atom. The summed E-state index contributed by atoms with van der Waals surface area (Å²) in [6, 6.07) is 0.410. The summed E-state index contributed by atoms with van der Waals surface area (Å²) >= 11 is 0.113. The molecule has 2 nitrogen and oxygen atoms in total. The third-order valence-electron chi connectivity index (χ3n) is 4.75. The first-order chi connectivity index (χ1) is 9.71. The Bertz CT molecular complexity index is 344. The summed E-state index contributed by atoms with van der Waals surface area (Å²) in [6.07, 6.45) is 3.52. The predicted molar refractivity (Wildman–Crippen MR) is 82.5 cm³/mol. The topological polar surface area (TPSA) is 15.3 Å². The molecule has 1 N–H and O–H groups in total. The lowest BCUT2D eigenvalue weighted by molar-refractivity contribution is -0.0332. The van der Waals surface area contributed by atoms with Gasteiger partial charge in [-0.05, 0) is 49.8 Å². The van der Waals surface area contributed by atoms with E-state index in [1.165, 1.54) is 12.8 Å². The number of nitrogens with zero attached hydrogens (tertiary/aromatic N) is 1. The molecule has 2 unspecified atom stereocenters. The Morgan fingerprint density at radius 1 is 1.33 bits per heavy atom. The van der Waals surface area contributed by atoms with Crippen LogP contribution in [0.1, 0.15) is 40.0 Å². The fraction of sp³-hybridized carbons (Fsp3) is 1.00. The van der Waals surface area contributed by atoms with E-state index in [9.17, 15) is 13.2 Å². The summed E-state index contributed by atoms with van der Waals surface area (Å²) < 4.78 is 37.1. The van der Waals surface area contributed by atoms with Crippen molar-refractivity contribution in [3.05, 3.63) is 0 Å². The minimum absolute atomic E-state index is 0.0413. The zero-order valence-corrected chi connectivity index (χ0v) is 14.0. The van der Waals surface area contributed by atoms with Gasteiger partial charge in [-0.2, -0.15) is 13.2 Å². The molecule has 0 amide bonds. The van der Waals surface area contributed by atoms with E-state index >= 15 is 0 Å². The first kappa shape index (κ1) is 17.4. The van der Waals surface area contributed by atoms with Crippen molar-refractivity contribution in [3.8, 4) is 0 Å². The number of rotatable bonds is 6. The minimum atomic E-state index is -4.11. The van der Waals surface area contributed by atoms with E-state index in [2.05, 4.69) is 31.0 Å². The van der Waals surface area contributed by atoms with Crippen LogP contribution >= 0.6 is 11.8 Å². The highest BCUT2D eigenvalue weighted by atomic mass is 32.2. The van der Waals surface area contributed by atoms with Crippen molar-refractivity contribution in [1.29, 1.82) is 0 Å². The summed E-state index contributed by atoms with van der Waals surface area (Å²) in [6.45, 7) is 8.94. The van der Waals surface area contributed by atoms with Gasteiger partial charge in [0.05, 0.1) is 0 Å². The van der Waals surface area contributed by atoms with E-state index in [1.54, 1.807) is 0 Å². The molecule has 0 bridgehead atoms. The highest BCUT2D eigenvalue weighted by molar-refractivity contribution is 8.00. The molecule has 1 aliphatic heterocycles. The molecule has 2 rings (SSSR count). The zero-order chi connectivity index (χ0) is 15.7. The Morgan fingerprint density at radius 3 is 2.52 bits per heavy atom. The molecule has 0 radical (unpaired) electrons. The van der Waals surface area contributed by atoms with Gasteiger partial charge in [-0.15, -0.1) is 0 Å². The molecule has 0 spiro atoms. The molecule has 0 aromatic heterocycles. The quantitative estimate of drug-likeness (QED) is 0.801. The maximum atomic E-state index is 12.4. The van der Waals surface area contributed by atoms with Crippen LogP contribution in [0.5, 0.6) is 0 Å². The summed E-state index contributed by atoms with van der Waals surface area (Å²) in [5, 5.41) is 3.63. The maximum absolute atomic E-state index is 12.4. The largest absolute Gasteiger partial charge is 0.441 e. The van der Waals surface area contributed by atoms with Crippen LogP contribution in [-0.4, -0.2) is 47.4 Å². The normalized spacial score (nSPS) is 31.9. The van der Waals surface area contributed by atoms with Gasteiger partial charge in [0.2, 0.25) is 0 Å². The van der Waals surface area contributed by atoms with Crippen molar-refractivity contribution >= 4 is 11.8 Å². The van der Waals surface area contributed by atoms with Gasteiger partial charge in [0, 0.05) is 37.0 Å². The molecule has 0 aromatic carbocycles. The van der Waals surface area contributed by atoms with Gasteiger partial charge in [-0.1, -0.05) is 13.8 Å². The van der Waals surface area contributed by atoms with Crippen LogP contribution in [0.25, 0.3) is 0 Å². The average molecular weight is 324 g/mol. The first-order valence-corrected chi connectivity index (χ1v) is 8.88. The Balaban J connectivity index is 1.93. The molecule has 21 heavy (non-hydrogen) atoms. The second kappa shape index (κ2) is 6.67. The average Bonchev–Trinajstić information content (AvgIpc) is 3.15. The van der Waals surface area contributed by atoms with Gasteiger partial charge in [0.1, 0.15) is 0 Å². The highest BCUT2D eigenvalue weighted by Gasteiger charge is 2.48. The van der Waals surface area contributed by atoms with E-state index in [4.69, 9.17) is 0 Å². The zero-order valence-electron chi connectivity index (χ0n) is 13.2. The van der Waals surface area contributed by atoms with E-state index < -0.39 is 5.51 Å². The van der Waals surface area contributed by atoms with Gasteiger partial charge >= 0.3 is 5.51 Å². The van der Waals surface area contributed by atoms with Crippen molar-refractivity contribution < 1.29 is 13.2 Å². The lowest BCUT2D eigenvalue weighted by atomic mass is 9.88. The molecule has 1 saturated carbocycles. The second-order valence-electron chi connectivity index (χ2n) is 7.08. The van der Waals surface area contributed by atoms with Crippen LogP contribution in [0.4, 0.5) is 13.2 Å². The van der Waals surface area contributed by atoms with Crippen molar-refractivity contribution in [2.75, 3.05) is 25.4 Å². The Kier molecular flexibility index (Phi) is 5.53. The fourth-order valence-corrected chi connectivity index (χ4v) is 4.00. The van der Waals surface area contributed by atoms with Crippen LogP contribution in [0.15, 0.2) is 0 Å². The molecule has 2 atom stereocenters. The standard InChI is InChI=1S/C15H27F3N2S/c1-11(2)8-13-9-20(6-7-21-15(16,17)18)14(3,10-19-13)12-4-5-12/h11-13,19H,4-10H2,1-3H3. The lowest BCUT2D eigenvalue weighted by Gasteiger charge is -2.49. The fourth-order valence-electron chi connectivity index (χ4n) is 3.45. The Labute approximate surface area is 130 Å². The minimum Gasteiger partial charge on any atom is -0.311 e. The highest BCUT2D eigenvalue weighted by Crippen LogP contribution is 2.44. The summed E-state index contributed by atoms with van der Waals surface area (Å²) in [7, 11) is 0. The molecule has 2 aliphatic rings.